The normalized spacial score (nSPS) is 13.5. The first-order chi connectivity index (χ1) is 11.5. The lowest BCUT2D eigenvalue weighted by atomic mass is 9.95. The highest BCUT2D eigenvalue weighted by Crippen LogP contribution is 2.38. The van der Waals surface area contributed by atoms with E-state index in [0.29, 0.717) is 22.8 Å². The van der Waals surface area contributed by atoms with Crippen LogP contribution in [0, 0.1) is 6.92 Å². The third kappa shape index (κ3) is 2.96. The van der Waals surface area contributed by atoms with Crippen LogP contribution in [-0.2, 0) is 19.4 Å². The van der Waals surface area contributed by atoms with Crippen molar-refractivity contribution >= 4 is 28.2 Å². The van der Waals surface area contributed by atoms with Gasteiger partial charge < -0.3 is 10.6 Å². The number of nitrogens with one attached hydrogen (secondary N) is 2. The van der Waals surface area contributed by atoms with E-state index in [9.17, 15) is 9.59 Å². The number of rotatable bonds is 4. The zero-order valence-electron chi connectivity index (χ0n) is 14.2. The Labute approximate surface area is 145 Å². The Morgan fingerprint density at radius 3 is 2.75 bits per heavy atom. The van der Waals surface area contributed by atoms with Gasteiger partial charge in [0.15, 0.2) is 0 Å². The van der Waals surface area contributed by atoms with Crippen LogP contribution in [0.2, 0.25) is 0 Å². The van der Waals surface area contributed by atoms with Crippen LogP contribution in [0.1, 0.15) is 56.7 Å². The van der Waals surface area contributed by atoms with E-state index in [1.165, 1.54) is 16.2 Å². The van der Waals surface area contributed by atoms with Gasteiger partial charge in [-0.1, -0.05) is 0 Å². The van der Waals surface area contributed by atoms with Gasteiger partial charge in [-0.2, -0.15) is 5.10 Å². The first-order valence-electron chi connectivity index (χ1n) is 8.27. The smallest absolute Gasteiger partial charge is 0.274 e. The van der Waals surface area contributed by atoms with E-state index in [1.54, 1.807) is 17.8 Å². The van der Waals surface area contributed by atoms with Crippen LogP contribution >= 0.6 is 11.3 Å². The van der Waals surface area contributed by atoms with Crippen molar-refractivity contribution in [3.8, 4) is 0 Å². The molecule has 0 saturated heterocycles. The van der Waals surface area contributed by atoms with E-state index in [1.807, 2.05) is 13.8 Å². The molecule has 3 rings (SSSR count). The summed E-state index contributed by atoms with van der Waals surface area (Å²) in [5, 5.41) is 10.6. The third-order valence-corrected chi connectivity index (χ3v) is 5.49. The molecule has 128 valence electrons. The van der Waals surface area contributed by atoms with Crippen molar-refractivity contribution in [2.75, 3.05) is 12.4 Å². The van der Waals surface area contributed by atoms with Crippen molar-refractivity contribution < 1.29 is 9.59 Å². The maximum Gasteiger partial charge on any atom is 0.274 e. The molecular weight excluding hydrogens is 324 g/mol. The Morgan fingerprint density at radius 1 is 1.29 bits per heavy atom. The zero-order valence-corrected chi connectivity index (χ0v) is 15.0. The zero-order chi connectivity index (χ0) is 17.3. The number of thiophene rings is 1. The van der Waals surface area contributed by atoms with Crippen molar-refractivity contribution in [2.45, 2.75) is 46.1 Å². The molecule has 0 saturated carbocycles. The van der Waals surface area contributed by atoms with Crippen molar-refractivity contribution in [1.29, 1.82) is 0 Å². The predicted octanol–water partition coefficient (Wildman–Crippen LogP) is 2.76. The van der Waals surface area contributed by atoms with Gasteiger partial charge in [0.1, 0.15) is 10.7 Å². The molecule has 1 aliphatic carbocycles. The topological polar surface area (TPSA) is 76.0 Å². The number of aryl methyl sites for hydroxylation is 3. The minimum atomic E-state index is -0.221. The van der Waals surface area contributed by atoms with Gasteiger partial charge in [-0.3, -0.25) is 14.3 Å². The standard InChI is InChI=1S/C17H22N4O2S/c1-4-21-12(9-10(2)20-21)15(22)19-17-14(16(23)18-3)11-7-5-6-8-13(11)24-17/h9H,4-8H2,1-3H3,(H,18,23)(H,19,22). The lowest BCUT2D eigenvalue weighted by Gasteiger charge is -2.12. The van der Waals surface area contributed by atoms with Crippen LogP contribution in [0.3, 0.4) is 0 Å². The molecule has 0 spiro atoms. The van der Waals surface area contributed by atoms with Crippen molar-refractivity contribution in [3.63, 3.8) is 0 Å². The molecule has 2 amide bonds. The van der Waals surface area contributed by atoms with Gasteiger partial charge in [-0.05, 0) is 51.2 Å². The summed E-state index contributed by atoms with van der Waals surface area (Å²) in [6.07, 6.45) is 4.10. The molecule has 0 atom stereocenters. The minimum Gasteiger partial charge on any atom is -0.355 e. The second kappa shape index (κ2) is 6.76. The first-order valence-corrected chi connectivity index (χ1v) is 9.09. The predicted molar refractivity (Wildman–Crippen MR) is 94.9 cm³/mol. The number of carbonyl (C=O) groups excluding carboxylic acids is 2. The largest absolute Gasteiger partial charge is 0.355 e. The van der Waals surface area contributed by atoms with Crippen LogP contribution < -0.4 is 10.6 Å². The van der Waals surface area contributed by atoms with Gasteiger partial charge in [0.05, 0.1) is 11.3 Å². The van der Waals surface area contributed by atoms with Gasteiger partial charge in [-0.25, -0.2) is 0 Å². The molecule has 0 unspecified atom stereocenters. The lowest BCUT2D eigenvalue weighted by molar-refractivity contribution is 0.0963. The number of aromatic nitrogens is 2. The van der Waals surface area contributed by atoms with Crippen LogP contribution in [-0.4, -0.2) is 28.6 Å². The molecule has 2 aromatic rings. The summed E-state index contributed by atoms with van der Waals surface area (Å²) in [6, 6.07) is 1.77. The van der Waals surface area contributed by atoms with E-state index in [2.05, 4.69) is 15.7 Å². The summed E-state index contributed by atoms with van der Waals surface area (Å²) in [5.74, 6) is -0.355. The molecule has 1 aliphatic rings. The summed E-state index contributed by atoms with van der Waals surface area (Å²) in [7, 11) is 1.62. The summed E-state index contributed by atoms with van der Waals surface area (Å²) in [6.45, 7) is 4.44. The minimum absolute atomic E-state index is 0.134. The Hall–Kier alpha value is -2.15. The fourth-order valence-electron chi connectivity index (χ4n) is 3.16. The molecule has 0 fully saturated rings. The summed E-state index contributed by atoms with van der Waals surface area (Å²) >= 11 is 1.53. The number of hydrogen-bond acceptors (Lipinski definition) is 4. The highest BCUT2D eigenvalue weighted by Gasteiger charge is 2.26. The van der Waals surface area contributed by atoms with E-state index in [-0.39, 0.29) is 11.8 Å². The fourth-order valence-corrected chi connectivity index (χ4v) is 4.44. The van der Waals surface area contributed by atoms with E-state index >= 15 is 0 Å². The van der Waals surface area contributed by atoms with Crippen LogP contribution in [0.15, 0.2) is 6.07 Å². The molecule has 24 heavy (non-hydrogen) atoms. The van der Waals surface area contributed by atoms with Crippen molar-refractivity contribution in [2.24, 2.45) is 0 Å². The van der Waals surface area contributed by atoms with E-state index < -0.39 is 0 Å². The molecule has 7 heteroatoms. The maximum absolute atomic E-state index is 12.7. The third-order valence-electron chi connectivity index (χ3n) is 4.29. The summed E-state index contributed by atoms with van der Waals surface area (Å²) < 4.78 is 1.68. The number of carbonyl (C=O) groups is 2. The molecule has 6 nitrogen and oxygen atoms in total. The molecular formula is C17H22N4O2S. The number of anilines is 1. The van der Waals surface area contributed by atoms with E-state index in [0.717, 1.165) is 36.9 Å². The summed E-state index contributed by atoms with van der Waals surface area (Å²) in [5.41, 5.74) is 3.05. The summed E-state index contributed by atoms with van der Waals surface area (Å²) in [4.78, 5) is 26.2. The second-order valence-electron chi connectivity index (χ2n) is 5.93. The second-order valence-corrected chi connectivity index (χ2v) is 7.04. The lowest BCUT2D eigenvalue weighted by Crippen LogP contribution is -2.23. The molecule has 2 heterocycles. The number of fused-ring (bicyclic) bond motifs is 1. The maximum atomic E-state index is 12.7. The van der Waals surface area contributed by atoms with Gasteiger partial charge in [0.25, 0.3) is 11.8 Å². The Morgan fingerprint density at radius 2 is 2.04 bits per heavy atom. The van der Waals surface area contributed by atoms with Crippen molar-refractivity contribution in [3.05, 3.63) is 33.5 Å². The average Bonchev–Trinajstić information content (AvgIpc) is 3.13. The highest BCUT2D eigenvalue weighted by atomic mass is 32.1. The van der Waals surface area contributed by atoms with Gasteiger partial charge in [0.2, 0.25) is 0 Å². The van der Waals surface area contributed by atoms with Crippen LogP contribution in [0.25, 0.3) is 0 Å². The van der Waals surface area contributed by atoms with Crippen LogP contribution in [0.5, 0.6) is 0 Å². The van der Waals surface area contributed by atoms with E-state index in [4.69, 9.17) is 0 Å². The molecule has 0 aliphatic heterocycles. The first kappa shape index (κ1) is 16.7. The fraction of sp³-hybridized carbons (Fsp3) is 0.471. The van der Waals surface area contributed by atoms with Gasteiger partial charge in [0, 0.05) is 18.5 Å². The number of amides is 2. The molecule has 0 aromatic carbocycles. The SMILES string of the molecule is CCn1nc(C)cc1C(=O)Nc1sc2c(c1C(=O)NC)CCCC2. The Kier molecular flexibility index (Phi) is 4.71. The molecule has 0 bridgehead atoms. The monoisotopic (exact) mass is 346 g/mol. The van der Waals surface area contributed by atoms with Gasteiger partial charge in [-0.15, -0.1) is 11.3 Å². The van der Waals surface area contributed by atoms with Crippen LogP contribution in [0.4, 0.5) is 5.00 Å². The molecule has 2 aromatic heterocycles. The quantitative estimate of drug-likeness (QED) is 0.894. The Bertz CT molecular complexity index is 791. The Balaban J connectivity index is 1.96. The molecule has 0 radical (unpaired) electrons. The number of hydrogen-bond donors (Lipinski definition) is 2. The highest BCUT2D eigenvalue weighted by molar-refractivity contribution is 7.17. The number of nitrogens with zero attached hydrogens (tertiary/aromatic N) is 2. The van der Waals surface area contributed by atoms with Gasteiger partial charge >= 0.3 is 0 Å². The average molecular weight is 346 g/mol. The van der Waals surface area contributed by atoms with Crippen molar-refractivity contribution in [1.82, 2.24) is 15.1 Å². The molecule has 2 N–H and O–H groups in total.